The number of hydrogen-bond donors (Lipinski definition) is 1. The molecule has 8 heteroatoms. The van der Waals surface area contributed by atoms with Crippen molar-refractivity contribution >= 4 is 0 Å². The van der Waals surface area contributed by atoms with Crippen LogP contribution in [0.5, 0.6) is 0 Å². The minimum absolute atomic E-state index is 0.150. The molecule has 0 aliphatic carbocycles. The Morgan fingerprint density at radius 1 is 1.15 bits per heavy atom. The van der Waals surface area contributed by atoms with Gasteiger partial charge in [-0.2, -0.15) is 0 Å². The quantitative estimate of drug-likeness (QED) is 0.696. The van der Waals surface area contributed by atoms with Gasteiger partial charge in [0.25, 0.3) is 0 Å². The normalized spacial score (nSPS) is 12.8. The van der Waals surface area contributed by atoms with Crippen molar-refractivity contribution < 1.29 is 17.6 Å². The summed E-state index contributed by atoms with van der Waals surface area (Å²) in [5.74, 6) is -6.00. The minimum atomic E-state index is -1.51. The lowest BCUT2D eigenvalue weighted by Crippen LogP contribution is -2.14. The monoisotopic (exact) mass is 288 g/mol. The molecule has 108 valence electrons. The molecular weight excluding hydrogens is 276 g/mol. The highest BCUT2D eigenvalue weighted by Crippen LogP contribution is 2.25. The Bertz CT molecular complexity index is 627. The maximum Gasteiger partial charge on any atom is 0.187 e. The number of hydrogen-bond acceptors (Lipinski definition) is 3. The molecule has 0 bridgehead atoms. The van der Waals surface area contributed by atoms with Gasteiger partial charge >= 0.3 is 0 Å². The van der Waals surface area contributed by atoms with Gasteiger partial charge in [-0.05, 0) is 20.9 Å². The molecule has 0 radical (unpaired) electrons. The van der Waals surface area contributed by atoms with Crippen LogP contribution in [0.3, 0.4) is 0 Å². The maximum atomic E-state index is 13.7. The molecular formula is C12H12F4N4. The first-order chi connectivity index (χ1) is 9.38. The number of nitrogens with one attached hydrogen (secondary N) is 1. The molecule has 1 aromatic carbocycles. The van der Waals surface area contributed by atoms with Crippen molar-refractivity contribution in [2.24, 2.45) is 0 Å². The number of halogens is 4. The van der Waals surface area contributed by atoms with Crippen LogP contribution in [0, 0.1) is 30.2 Å². The van der Waals surface area contributed by atoms with Crippen molar-refractivity contribution in [3.8, 4) is 5.69 Å². The molecule has 1 N–H and O–H groups in total. The van der Waals surface area contributed by atoms with E-state index < -0.39 is 29.0 Å². The molecule has 0 amide bonds. The van der Waals surface area contributed by atoms with Gasteiger partial charge < -0.3 is 5.32 Å². The molecule has 0 saturated carbocycles. The van der Waals surface area contributed by atoms with E-state index in [4.69, 9.17) is 0 Å². The summed E-state index contributed by atoms with van der Waals surface area (Å²) in [6.45, 7) is 3.27. The van der Waals surface area contributed by atoms with E-state index in [2.05, 4.69) is 15.6 Å². The molecule has 0 saturated heterocycles. The zero-order valence-electron chi connectivity index (χ0n) is 11.0. The highest BCUT2D eigenvalue weighted by molar-refractivity contribution is 5.38. The third kappa shape index (κ3) is 2.15. The Morgan fingerprint density at radius 3 is 2.20 bits per heavy atom. The highest BCUT2D eigenvalue weighted by atomic mass is 19.2. The van der Waals surface area contributed by atoms with Gasteiger partial charge in [-0.1, -0.05) is 5.21 Å². The van der Waals surface area contributed by atoms with E-state index in [9.17, 15) is 17.6 Å². The molecule has 2 rings (SSSR count). The molecule has 2 aromatic rings. The smallest absolute Gasteiger partial charge is 0.187 e. The van der Waals surface area contributed by atoms with E-state index >= 15 is 0 Å². The van der Waals surface area contributed by atoms with Gasteiger partial charge in [0.2, 0.25) is 0 Å². The molecule has 0 spiro atoms. The summed E-state index contributed by atoms with van der Waals surface area (Å²) in [5.41, 5.74) is -0.201. The Balaban J connectivity index is 2.67. The van der Waals surface area contributed by atoms with Crippen LogP contribution in [0.25, 0.3) is 5.69 Å². The van der Waals surface area contributed by atoms with Crippen molar-refractivity contribution in [1.82, 2.24) is 20.3 Å². The summed E-state index contributed by atoms with van der Waals surface area (Å²) >= 11 is 0. The summed E-state index contributed by atoms with van der Waals surface area (Å²) in [6.07, 6.45) is 0. The molecule has 1 aromatic heterocycles. The largest absolute Gasteiger partial charge is 0.312 e. The van der Waals surface area contributed by atoms with E-state index in [1.165, 1.54) is 6.92 Å². The summed E-state index contributed by atoms with van der Waals surface area (Å²) < 4.78 is 54.6. The average molecular weight is 288 g/mol. The third-order valence-electron chi connectivity index (χ3n) is 3.07. The lowest BCUT2D eigenvalue weighted by molar-refractivity contribution is 0.442. The van der Waals surface area contributed by atoms with Gasteiger partial charge in [-0.3, -0.25) is 0 Å². The number of aromatic nitrogens is 3. The van der Waals surface area contributed by atoms with Gasteiger partial charge in [0.05, 0.1) is 11.7 Å². The first-order valence-electron chi connectivity index (χ1n) is 5.81. The van der Waals surface area contributed by atoms with Crippen LogP contribution in [-0.2, 0) is 0 Å². The number of nitrogens with zero attached hydrogens (tertiary/aromatic N) is 3. The SMILES string of the molecule is CNC(C)c1nnn(-c2c(F)c(F)cc(F)c2F)c1C. The van der Waals surface area contributed by atoms with Crippen molar-refractivity contribution in [3.63, 3.8) is 0 Å². The van der Waals surface area contributed by atoms with E-state index in [1.807, 2.05) is 0 Å². The van der Waals surface area contributed by atoms with Crippen LogP contribution < -0.4 is 5.32 Å². The van der Waals surface area contributed by atoms with Crippen LogP contribution in [-0.4, -0.2) is 22.0 Å². The summed E-state index contributed by atoms with van der Waals surface area (Å²) in [5, 5.41) is 10.2. The Morgan fingerprint density at radius 2 is 1.70 bits per heavy atom. The van der Waals surface area contributed by atoms with Gasteiger partial charge in [-0.15, -0.1) is 5.10 Å². The van der Waals surface area contributed by atoms with Crippen molar-refractivity contribution in [3.05, 3.63) is 40.7 Å². The van der Waals surface area contributed by atoms with Gasteiger partial charge in [-0.25, -0.2) is 22.2 Å². The second-order valence-corrected chi connectivity index (χ2v) is 4.30. The standard InChI is InChI=1S/C12H12F4N4/c1-5(17-3)11-6(2)20(19-18-11)12-9(15)7(13)4-8(14)10(12)16/h4-5,17H,1-3H3. The van der Waals surface area contributed by atoms with Crippen LogP contribution in [0.2, 0.25) is 0 Å². The molecule has 0 aliphatic rings. The first kappa shape index (κ1) is 14.4. The van der Waals surface area contributed by atoms with Crippen molar-refractivity contribution in [2.45, 2.75) is 19.9 Å². The predicted molar refractivity (Wildman–Crippen MR) is 63.4 cm³/mol. The van der Waals surface area contributed by atoms with E-state index in [-0.39, 0.29) is 17.8 Å². The predicted octanol–water partition coefficient (Wildman–Crippen LogP) is 2.41. The van der Waals surface area contributed by atoms with Gasteiger partial charge in [0.15, 0.2) is 23.3 Å². The lowest BCUT2D eigenvalue weighted by atomic mass is 10.2. The Kier molecular flexibility index (Phi) is 3.76. The lowest BCUT2D eigenvalue weighted by Gasteiger charge is -2.10. The van der Waals surface area contributed by atoms with E-state index in [0.29, 0.717) is 5.69 Å². The number of rotatable bonds is 3. The molecule has 0 aliphatic heterocycles. The van der Waals surface area contributed by atoms with Crippen LogP contribution in [0.1, 0.15) is 24.4 Å². The zero-order valence-corrected chi connectivity index (χ0v) is 11.0. The van der Waals surface area contributed by atoms with Crippen LogP contribution >= 0.6 is 0 Å². The average Bonchev–Trinajstić information content (AvgIpc) is 2.78. The van der Waals surface area contributed by atoms with Crippen molar-refractivity contribution in [1.29, 1.82) is 0 Å². The molecule has 1 heterocycles. The molecule has 0 fully saturated rings. The fourth-order valence-electron chi connectivity index (χ4n) is 1.84. The second kappa shape index (κ2) is 5.20. The Labute approximate surface area is 112 Å². The Hall–Kier alpha value is -1.96. The van der Waals surface area contributed by atoms with Crippen LogP contribution in [0.15, 0.2) is 6.07 Å². The van der Waals surface area contributed by atoms with Crippen LogP contribution in [0.4, 0.5) is 17.6 Å². The molecule has 1 unspecified atom stereocenters. The fourth-order valence-corrected chi connectivity index (χ4v) is 1.84. The zero-order chi connectivity index (χ0) is 15.0. The van der Waals surface area contributed by atoms with E-state index in [1.54, 1.807) is 14.0 Å². The molecule has 4 nitrogen and oxygen atoms in total. The summed E-state index contributed by atoms with van der Waals surface area (Å²) in [4.78, 5) is 0. The van der Waals surface area contributed by atoms with E-state index in [0.717, 1.165) is 4.68 Å². The first-order valence-corrected chi connectivity index (χ1v) is 5.81. The summed E-state index contributed by atoms with van der Waals surface area (Å²) in [7, 11) is 1.67. The van der Waals surface area contributed by atoms with Crippen molar-refractivity contribution in [2.75, 3.05) is 7.05 Å². The second-order valence-electron chi connectivity index (χ2n) is 4.30. The highest BCUT2D eigenvalue weighted by Gasteiger charge is 2.24. The van der Waals surface area contributed by atoms with Gasteiger partial charge in [0.1, 0.15) is 11.4 Å². The topological polar surface area (TPSA) is 42.7 Å². The fraction of sp³-hybridized carbons (Fsp3) is 0.333. The molecule has 20 heavy (non-hydrogen) atoms. The maximum absolute atomic E-state index is 13.7. The van der Waals surface area contributed by atoms with Gasteiger partial charge in [0, 0.05) is 6.07 Å². The summed E-state index contributed by atoms with van der Waals surface area (Å²) in [6, 6.07) is -0.0781. The third-order valence-corrected chi connectivity index (χ3v) is 3.07. The molecule has 1 atom stereocenters. The minimum Gasteiger partial charge on any atom is -0.312 e. The number of benzene rings is 1.